The second-order valence-corrected chi connectivity index (χ2v) is 12.5. The van der Waals surface area contributed by atoms with Crippen molar-refractivity contribution in [2.24, 2.45) is 0 Å². The minimum absolute atomic E-state index is 0. The molecule has 0 saturated carbocycles. The second kappa shape index (κ2) is 25.0. The normalized spacial score (nSPS) is 12.0. The van der Waals surface area contributed by atoms with E-state index in [4.69, 9.17) is 19.7 Å². The van der Waals surface area contributed by atoms with Gasteiger partial charge < -0.3 is 24.7 Å². The van der Waals surface area contributed by atoms with Crippen LogP contribution in [0.15, 0.2) is 103 Å². The standard InChI is InChI=1S/C39H40NO3.C5H12O2.Pt/c1-31(2)39(41)43-29-11-6-4-3-5-10-28-42-37-25-22-34(23-26-37)19-18-32-14-16-33(17-15-32)20-21-35-24-27-38(40-30-35)36-12-8-7-9-13-36;1-4(6)3-5(2)7;/h7-9,12,14-27,30H,1,3-6,10-11,28-29H2,2H3;4-7H,3H2,1-2H3;/q-1;;/b19-18+,21-20+;;. The first-order valence-electron chi connectivity index (χ1n) is 17.5. The summed E-state index contributed by atoms with van der Waals surface area (Å²) in [7, 11) is 0. The maximum absolute atomic E-state index is 11.3. The van der Waals surface area contributed by atoms with Gasteiger partial charge in [-0.2, -0.15) is 0 Å². The molecule has 0 fully saturated rings. The van der Waals surface area contributed by atoms with Gasteiger partial charge in [0.15, 0.2) is 0 Å². The molecule has 3 aromatic carbocycles. The fourth-order valence-electron chi connectivity index (χ4n) is 4.88. The van der Waals surface area contributed by atoms with E-state index in [1.807, 2.05) is 48.7 Å². The molecule has 4 rings (SSSR count). The minimum Gasteiger partial charge on any atom is -0.494 e. The summed E-state index contributed by atoms with van der Waals surface area (Å²) in [6.45, 7) is 9.78. The van der Waals surface area contributed by atoms with Gasteiger partial charge in [-0.1, -0.05) is 105 Å². The predicted octanol–water partition coefficient (Wildman–Crippen LogP) is 9.86. The molecule has 1 heterocycles. The van der Waals surface area contributed by atoms with Gasteiger partial charge in [0.25, 0.3) is 0 Å². The van der Waals surface area contributed by atoms with Crippen LogP contribution in [0.2, 0.25) is 0 Å². The van der Waals surface area contributed by atoms with Gasteiger partial charge in [-0.25, -0.2) is 4.79 Å². The number of pyridine rings is 1. The summed E-state index contributed by atoms with van der Waals surface area (Å²) >= 11 is 0. The van der Waals surface area contributed by atoms with E-state index in [0.29, 0.717) is 18.6 Å². The van der Waals surface area contributed by atoms with Crippen molar-refractivity contribution in [3.8, 4) is 17.0 Å². The summed E-state index contributed by atoms with van der Waals surface area (Å²) in [5.74, 6) is 0.603. The Bertz CT molecular complexity index is 1590. The van der Waals surface area contributed by atoms with Gasteiger partial charge in [0.1, 0.15) is 5.75 Å². The first kappa shape index (κ1) is 43.1. The maximum atomic E-state index is 11.3. The van der Waals surface area contributed by atoms with E-state index in [1.165, 1.54) is 0 Å². The van der Waals surface area contributed by atoms with Gasteiger partial charge in [0.05, 0.1) is 25.4 Å². The second-order valence-electron chi connectivity index (χ2n) is 12.5. The molecular formula is C44H52NO5Pt-. The zero-order chi connectivity index (χ0) is 36.0. The summed E-state index contributed by atoms with van der Waals surface area (Å²) in [6.07, 6.45) is 16.5. The number of rotatable bonds is 18. The molecule has 0 aliphatic heterocycles. The van der Waals surface area contributed by atoms with Crippen LogP contribution in [0.5, 0.6) is 5.75 Å². The molecule has 4 aromatic rings. The Hall–Kier alpha value is -4.09. The molecule has 1 aromatic heterocycles. The molecule has 0 aliphatic rings. The van der Waals surface area contributed by atoms with Crippen molar-refractivity contribution in [1.82, 2.24) is 4.98 Å². The molecular weight excluding hydrogens is 818 g/mol. The Morgan fingerprint density at radius 2 is 1.25 bits per heavy atom. The van der Waals surface area contributed by atoms with E-state index in [2.05, 4.69) is 84.4 Å². The van der Waals surface area contributed by atoms with Gasteiger partial charge in [0.2, 0.25) is 0 Å². The summed E-state index contributed by atoms with van der Waals surface area (Å²) in [5, 5.41) is 17.1. The van der Waals surface area contributed by atoms with Crippen LogP contribution in [-0.2, 0) is 30.6 Å². The Labute approximate surface area is 319 Å². The van der Waals surface area contributed by atoms with E-state index < -0.39 is 0 Å². The number of hydrogen-bond acceptors (Lipinski definition) is 6. The number of ether oxygens (including phenoxy) is 2. The average molecular weight is 870 g/mol. The van der Waals surface area contributed by atoms with Crippen molar-refractivity contribution in [1.29, 1.82) is 0 Å². The molecule has 2 N–H and O–H groups in total. The third-order valence-corrected chi connectivity index (χ3v) is 7.60. The number of hydrogen-bond donors (Lipinski definition) is 2. The molecule has 2 atom stereocenters. The van der Waals surface area contributed by atoms with Crippen molar-refractivity contribution in [2.45, 2.75) is 77.9 Å². The maximum Gasteiger partial charge on any atom is 0.333 e. The fraction of sp³-hybridized carbons (Fsp3) is 0.318. The number of carbonyl (C=O) groups is 1. The number of aliphatic hydroxyl groups excluding tert-OH is 2. The van der Waals surface area contributed by atoms with Crippen LogP contribution in [0.1, 0.15) is 88.0 Å². The Balaban J connectivity index is 0.00000102. The Morgan fingerprint density at radius 3 is 1.73 bits per heavy atom. The van der Waals surface area contributed by atoms with Gasteiger partial charge in [0, 0.05) is 32.8 Å². The number of carbonyl (C=O) groups excluding carboxylic acids is 1. The number of unbranched alkanes of at least 4 members (excludes halogenated alkanes) is 5. The van der Waals surface area contributed by atoms with Gasteiger partial charge in [-0.05, 0) is 80.1 Å². The van der Waals surface area contributed by atoms with E-state index in [0.717, 1.165) is 84.4 Å². The van der Waals surface area contributed by atoms with Crippen LogP contribution in [0.25, 0.3) is 35.6 Å². The van der Waals surface area contributed by atoms with Crippen molar-refractivity contribution in [2.75, 3.05) is 13.2 Å². The van der Waals surface area contributed by atoms with Crippen LogP contribution >= 0.6 is 0 Å². The molecule has 6 nitrogen and oxygen atoms in total. The van der Waals surface area contributed by atoms with Crippen LogP contribution in [-0.4, -0.2) is 46.6 Å². The third kappa shape index (κ3) is 18.6. The molecule has 0 aliphatic carbocycles. The Kier molecular flexibility index (Phi) is 21.1. The largest absolute Gasteiger partial charge is 0.494 e. The topological polar surface area (TPSA) is 88.9 Å². The van der Waals surface area contributed by atoms with E-state index in [9.17, 15) is 4.79 Å². The molecule has 51 heavy (non-hydrogen) atoms. The van der Waals surface area contributed by atoms with Crippen molar-refractivity contribution >= 4 is 30.3 Å². The molecule has 2 unspecified atom stereocenters. The average Bonchev–Trinajstić information content (AvgIpc) is 3.11. The zero-order valence-electron chi connectivity index (χ0n) is 30.1. The number of nitrogens with zero attached hydrogens (tertiary/aromatic N) is 1. The molecule has 0 amide bonds. The molecule has 0 bridgehead atoms. The van der Waals surface area contributed by atoms with Crippen LogP contribution in [0.3, 0.4) is 0 Å². The number of aliphatic hydroxyl groups is 2. The Morgan fingerprint density at radius 1 is 0.745 bits per heavy atom. The minimum atomic E-state index is -0.375. The number of benzene rings is 3. The molecule has 0 spiro atoms. The van der Waals surface area contributed by atoms with Gasteiger partial charge in [-0.15, -0.1) is 35.9 Å². The first-order valence-corrected chi connectivity index (χ1v) is 17.5. The third-order valence-electron chi connectivity index (χ3n) is 7.60. The SMILES string of the molecule is C=C(C)C(=O)OCCCCCCCCOc1ccc(/C=C/c2ccc(/C=C/c3ccc(-c4[c-]cccc4)nc3)cc2)cc1.CC(O)CC(C)O.[Pt]. The number of aromatic nitrogens is 1. The van der Waals surface area contributed by atoms with Crippen molar-refractivity contribution in [3.63, 3.8) is 0 Å². The fourth-order valence-corrected chi connectivity index (χ4v) is 4.88. The van der Waals surface area contributed by atoms with Crippen molar-refractivity contribution < 1.29 is 45.5 Å². The summed E-state index contributed by atoms with van der Waals surface area (Å²) < 4.78 is 11.0. The van der Waals surface area contributed by atoms with Gasteiger partial charge in [-0.3, -0.25) is 0 Å². The monoisotopic (exact) mass is 869 g/mol. The summed E-state index contributed by atoms with van der Waals surface area (Å²) in [5.41, 5.74) is 6.86. The van der Waals surface area contributed by atoms with Crippen LogP contribution < -0.4 is 4.74 Å². The molecule has 0 saturated heterocycles. The molecule has 7 heteroatoms. The molecule has 274 valence electrons. The van der Waals surface area contributed by atoms with Crippen molar-refractivity contribution in [3.05, 3.63) is 132 Å². The van der Waals surface area contributed by atoms with E-state index in [-0.39, 0.29) is 39.2 Å². The van der Waals surface area contributed by atoms with E-state index in [1.54, 1.807) is 20.8 Å². The van der Waals surface area contributed by atoms with Crippen LogP contribution in [0, 0.1) is 6.07 Å². The number of esters is 1. The van der Waals surface area contributed by atoms with Crippen LogP contribution in [0.4, 0.5) is 0 Å². The summed E-state index contributed by atoms with van der Waals surface area (Å²) in [4.78, 5) is 15.9. The molecule has 0 radical (unpaired) electrons. The van der Waals surface area contributed by atoms with Gasteiger partial charge >= 0.3 is 5.97 Å². The zero-order valence-corrected chi connectivity index (χ0v) is 32.4. The first-order chi connectivity index (χ1) is 24.2. The smallest absolute Gasteiger partial charge is 0.333 e. The summed E-state index contributed by atoms with van der Waals surface area (Å²) in [6, 6.07) is 31.9. The quantitative estimate of drug-likeness (QED) is 0.0341. The predicted molar refractivity (Wildman–Crippen MR) is 206 cm³/mol. The van der Waals surface area contributed by atoms with E-state index >= 15 is 0 Å².